The van der Waals surface area contributed by atoms with E-state index in [1.807, 2.05) is 0 Å². The average molecular weight is 195 g/mol. The van der Waals surface area contributed by atoms with E-state index in [2.05, 4.69) is 6.58 Å². The van der Waals surface area contributed by atoms with Crippen LogP contribution in [-0.2, 0) is 0 Å². The van der Waals surface area contributed by atoms with E-state index in [0.717, 1.165) is 5.57 Å². The van der Waals surface area contributed by atoms with E-state index >= 15 is 0 Å². The minimum absolute atomic E-state index is 0.263. The van der Waals surface area contributed by atoms with Crippen molar-refractivity contribution in [3.05, 3.63) is 41.7 Å². The predicted molar refractivity (Wildman–Crippen MR) is 54.8 cm³/mol. The zero-order chi connectivity index (χ0) is 10.6. The molecule has 0 spiro atoms. The summed E-state index contributed by atoms with van der Waals surface area (Å²) in [6.07, 6.45) is 0. The molecule has 1 aromatic rings. The van der Waals surface area contributed by atoms with Crippen molar-refractivity contribution in [3.63, 3.8) is 0 Å². The Labute approximate surface area is 83.2 Å². The first-order valence-electron chi connectivity index (χ1n) is 4.39. The Bertz CT molecular complexity index is 336. The third kappa shape index (κ3) is 2.85. The molecule has 0 aromatic heterocycles. The van der Waals surface area contributed by atoms with E-state index < -0.39 is 0 Å². The first kappa shape index (κ1) is 10.7. The number of aryl methyl sites for hydroxylation is 1. The summed E-state index contributed by atoms with van der Waals surface area (Å²) in [5.74, 6) is 0.239. The molecule has 3 heteroatoms. The Hall–Kier alpha value is -1.35. The van der Waals surface area contributed by atoms with Crippen molar-refractivity contribution in [2.75, 3.05) is 13.2 Å². The van der Waals surface area contributed by atoms with Gasteiger partial charge in [-0.25, -0.2) is 4.39 Å². The zero-order valence-electron chi connectivity index (χ0n) is 8.22. The second kappa shape index (κ2) is 4.77. The van der Waals surface area contributed by atoms with Gasteiger partial charge in [0, 0.05) is 12.6 Å². The molecule has 0 aliphatic heterocycles. The summed E-state index contributed by atoms with van der Waals surface area (Å²) in [6, 6.07) is 4.76. The number of halogens is 1. The highest BCUT2D eigenvalue weighted by Crippen LogP contribution is 2.16. The van der Waals surface area contributed by atoms with Crippen molar-refractivity contribution in [1.82, 2.24) is 0 Å². The second-order valence-corrected chi connectivity index (χ2v) is 3.15. The molecular weight excluding hydrogens is 181 g/mol. The molecule has 0 aliphatic rings. The Morgan fingerprint density at radius 2 is 2.29 bits per heavy atom. The van der Waals surface area contributed by atoms with Gasteiger partial charge in [0.05, 0.1) is 0 Å². The van der Waals surface area contributed by atoms with Crippen LogP contribution in [0.4, 0.5) is 4.39 Å². The van der Waals surface area contributed by atoms with Crippen molar-refractivity contribution in [2.24, 2.45) is 5.73 Å². The van der Waals surface area contributed by atoms with Gasteiger partial charge in [-0.3, -0.25) is 0 Å². The van der Waals surface area contributed by atoms with Crippen LogP contribution in [0.2, 0.25) is 0 Å². The lowest BCUT2D eigenvalue weighted by molar-refractivity contribution is 0.348. The Kier molecular flexibility index (Phi) is 3.65. The third-order valence-corrected chi connectivity index (χ3v) is 1.87. The fourth-order valence-electron chi connectivity index (χ4n) is 0.908. The Morgan fingerprint density at radius 1 is 1.57 bits per heavy atom. The minimum Gasteiger partial charge on any atom is -0.489 e. The predicted octanol–water partition coefficient (Wildman–Crippen LogP) is 2.03. The molecule has 2 N–H and O–H groups in total. The molecule has 0 aliphatic carbocycles. The highest BCUT2D eigenvalue weighted by Gasteiger charge is 2.00. The quantitative estimate of drug-likeness (QED) is 0.746. The van der Waals surface area contributed by atoms with E-state index in [-0.39, 0.29) is 5.82 Å². The monoisotopic (exact) mass is 195 g/mol. The highest BCUT2D eigenvalue weighted by molar-refractivity contribution is 5.28. The van der Waals surface area contributed by atoms with Gasteiger partial charge in [-0.2, -0.15) is 0 Å². The Balaban J connectivity index is 2.60. The van der Waals surface area contributed by atoms with Gasteiger partial charge in [-0.1, -0.05) is 12.6 Å². The second-order valence-electron chi connectivity index (χ2n) is 3.15. The van der Waals surface area contributed by atoms with Crippen LogP contribution in [0, 0.1) is 12.7 Å². The lowest BCUT2D eigenvalue weighted by Gasteiger charge is -2.07. The van der Waals surface area contributed by atoms with E-state index in [4.69, 9.17) is 10.5 Å². The molecule has 1 rings (SSSR count). The van der Waals surface area contributed by atoms with Gasteiger partial charge in [0.15, 0.2) is 0 Å². The third-order valence-electron chi connectivity index (χ3n) is 1.87. The summed E-state index contributed by atoms with van der Waals surface area (Å²) in [4.78, 5) is 0. The molecule has 0 heterocycles. The van der Waals surface area contributed by atoms with Crippen molar-refractivity contribution in [3.8, 4) is 5.75 Å². The number of benzene rings is 1. The topological polar surface area (TPSA) is 35.2 Å². The number of hydrogen-bond acceptors (Lipinski definition) is 2. The maximum absolute atomic E-state index is 13.1. The molecule has 0 saturated heterocycles. The molecule has 0 unspecified atom stereocenters. The Morgan fingerprint density at radius 3 is 2.86 bits per heavy atom. The van der Waals surface area contributed by atoms with Crippen LogP contribution in [0.15, 0.2) is 30.4 Å². The largest absolute Gasteiger partial charge is 0.489 e. The summed E-state index contributed by atoms with van der Waals surface area (Å²) in [6.45, 7) is 6.11. The summed E-state index contributed by atoms with van der Waals surface area (Å²) in [5, 5.41) is 0. The molecule has 0 saturated carbocycles. The van der Waals surface area contributed by atoms with Crippen LogP contribution in [0.5, 0.6) is 5.75 Å². The maximum Gasteiger partial charge on any atom is 0.129 e. The standard InChI is InChI=1S/C11H14FNO/c1-8(6-13)7-14-10-4-3-9(2)11(12)5-10/h3-5H,1,6-7,13H2,2H3. The fraction of sp³-hybridized carbons (Fsp3) is 0.273. The molecule has 0 radical (unpaired) electrons. The molecule has 0 atom stereocenters. The van der Waals surface area contributed by atoms with Crippen molar-refractivity contribution in [2.45, 2.75) is 6.92 Å². The number of nitrogens with two attached hydrogens (primary N) is 1. The SMILES string of the molecule is C=C(CN)COc1ccc(C)c(F)c1. The summed E-state index contributed by atoms with van der Waals surface area (Å²) < 4.78 is 18.3. The van der Waals surface area contributed by atoms with Crippen LogP contribution in [0.1, 0.15) is 5.56 Å². The van der Waals surface area contributed by atoms with E-state index in [0.29, 0.717) is 24.5 Å². The van der Waals surface area contributed by atoms with Gasteiger partial charge in [0.1, 0.15) is 18.2 Å². The fourth-order valence-corrected chi connectivity index (χ4v) is 0.908. The van der Waals surface area contributed by atoms with Crippen LogP contribution in [0.3, 0.4) is 0 Å². The van der Waals surface area contributed by atoms with Gasteiger partial charge < -0.3 is 10.5 Å². The van der Waals surface area contributed by atoms with E-state index in [9.17, 15) is 4.39 Å². The number of rotatable bonds is 4. The van der Waals surface area contributed by atoms with E-state index in [1.165, 1.54) is 6.07 Å². The smallest absolute Gasteiger partial charge is 0.129 e. The summed E-state index contributed by atoms with van der Waals surface area (Å²) in [5.41, 5.74) is 6.73. The molecule has 2 nitrogen and oxygen atoms in total. The summed E-state index contributed by atoms with van der Waals surface area (Å²) in [7, 11) is 0. The van der Waals surface area contributed by atoms with E-state index in [1.54, 1.807) is 19.1 Å². The van der Waals surface area contributed by atoms with Crippen molar-refractivity contribution < 1.29 is 9.13 Å². The molecular formula is C11H14FNO. The molecule has 14 heavy (non-hydrogen) atoms. The van der Waals surface area contributed by atoms with Gasteiger partial charge >= 0.3 is 0 Å². The normalized spacial score (nSPS) is 9.93. The first-order chi connectivity index (χ1) is 6.63. The number of ether oxygens (including phenoxy) is 1. The molecule has 0 amide bonds. The zero-order valence-corrected chi connectivity index (χ0v) is 8.22. The van der Waals surface area contributed by atoms with Gasteiger partial charge in [0.25, 0.3) is 0 Å². The van der Waals surface area contributed by atoms with Crippen LogP contribution in [-0.4, -0.2) is 13.2 Å². The molecule has 76 valence electrons. The average Bonchev–Trinajstić information content (AvgIpc) is 2.19. The van der Waals surface area contributed by atoms with Crippen molar-refractivity contribution in [1.29, 1.82) is 0 Å². The first-order valence-corrected chi connectivity index (χ1v) is 4.39. The summed E-state index contributed by atoms with van der Waals surface area (Å²) >= 11 is 0. The van der Waals surface area contributed by atoms with Crippen LogP contribution in [0.25, 0.3) is 0 Å². The van der Waals surface area contributed by atoms with Gasteiger partial charge in [-0.05, 0) is 24.1 Å². The van der Waals surface area contributed by atoms with Crippen molar-refractivity contribution >= 4 is 0 Å². The molecule has 1 aromatic carbocycles. The van der Waals surface area contributed by atoms with Crippen LogP contribution >= 0.6 is 0 Å². The van der Waals surface area contributed by atoms with Crippen LogP contribution < -0.4 is 10.5 Å². The number of hydrogen-bond donors (Lipinski definition) is 1. The lowest BCUT2D eigenvalue weighted by Crippen LogP contribution is -2.09. The highest BCUT2D eigenvalue weighted by atomic mass is 19.1. The van der Waals surface area contributed by atoms with Gasteiger partial charge in [0.2, 0.25) is 0 Å². The minimum atomic E-state index is -0.263. The van der Waals surface area contributed by atoms with Gasteiger partial charge in [-0.15, -0.1) is 0 Å². The molecule has 0 bridgehead atoms. The molecule has 0 fully saturated rings. The lowest BCUT2D eigenvalue weighted by atomic mass is 10.2. The maximum atomic E-state index is 13.1.